The van der Waals surface area contributed by atoms with Crippen molar-refractivity contribution in [3.8, 4) is 0 Å². The van der Waals surface area contributed by atoms with Gasteiger partial charge in [0, 0.05) is 12.6 Å². The van der Waals surface area contributed by atoms with Gasteiger partial charge in [-0.2, -0.15) is 0 Å². The van der Waals surface area contributed by atoms with Crippen LogP contribution in [-0.4, -0.2) is 35.6 Å². The van der Waals surface area contributed by atoms with Crippen LogP contribution >= 0.6 is 0 Å². The molecule has 0 aliphatic heterocycles. The van der Waals surface area contributed by atoms with Gasteiger partial charge in [-0.1, -0.05) is 37.5 Å². The second-order valence-corrected chi connectivity index (χ2v) is 5.48. The predicted octanol–water partition coefficient (Wildman–Crippen LogP) is 3.19. The Kier molecular flexibility index (Phi) is 4.97. The molecule has 0 unspecified atom stereocenters. The molecule has 0 spiro atoms. The van der Waals surface area contributed by atoms with Crippen molar-refractivity contribution in [1.29, 1.82) is 0 Å². The Labute approximate surface area is 115 Å². The van der Waals surface area contributed by atoms with Crippen molar-refractivity contribution in [2.75, 3.05) is 13.6 Å². The molecule has 0 radical (unpaired) electrons. The van der Waals surface area contributed by atoms with E-state index in [1.54, 1.807) is 12.1 Å². The summed E-state index contributed by atoms with van der Waals surface area (Å²) in [7, 11) is 2.17. The molecule has 1 aliphatic rings. The lowest BCUT2D eigenvalue weighted by Gasteiger charge is -2.31. The first-order chi connectivity index (χ1) is 9.18. The first-order valence-electron chi connectivity index (χ1n) is 7.20. The molecule has 3 nitrogen and oxygen atoms in total. The van der Waals surface area contributed by atoms with Gasteiger partial charge in [0.1, 0.15) is 0 Å². The van der Waals surface area contributed by atoms with E-state index in [1.165, 1.54) is 32.1 Å². The smallest absolute Gasteiger partial charge is 0.335 e. The van der Waals surface area contributed by atoms with Crippen molar-refractivity contribution in [2.45, 2.75) is 44.6 Å². The maximum Gasteiger partial charge on any atom is 0.335 e. The molecule has 1 saturated carbocycles. The minimum Gasteiger partial charge on any atom is -0.478 e. The second-order valence-electron chi connectivity index (χ2n) is 5.48. The lowest BCUT2D eigenvalue weighted by Crippen LogP contribution is -2.35. The summed E-state index contributed by atoms with van der Waals surface area (Å²) in [6.07, 6.45) is 7.43. The van der Waals surface area contributed by atoms with Crippen molar-refractivity contribution in [1.82, 2.24) is 4.90 Å². The molecule has 19 heavy (non-hydrogen) atoms. The van der Waals surface area contributed by atoms with Crippen LogP contribution in [0.25, 0.3) is 0 Å². The maximum absolute atomic E-state index is 11.2. The normalized spacial score (nSPS) is 16.7. The Balaban J connectivity index is 1.92. The Morgan fingerprint density at radius 1 is 1.26 bits per heavy atom. The standard InChI is InChI=1S/C16H23NO2/c1-17(14-8-3-2-4-9-14)12-11-13-7-5-6-10-15(13)16(18)19/h5-7,10,14H,2-4,8-9,11-12H2,1H3,(H,18,19). The number of carboxylic acids is 1. The van der Waals surface area contributed by atoms with E-state index < -0.39 is 5.97 Å². The molecule has 1 aromatic carbocycles. The number of likely N-dealkylation sites (N-methyl/N-ethyl adjacent to an activating group) is 1. The minimum absolute atomic E-state index is 0.444. The molecule has 3 heteroatoms. The van der Waals surface area contributed by atoms with Crippen LogP contribution in [0.4, 0.5) is 0 Å². The van der Waals surface area contributed by atoms with Crippen LogP contribution in [0.1, 0.15) is 48.0 Å². The molecule has 1 N–H and O–H groups in total. The third-order valence-corrected chi connectivity index (χ3v) is 4.18. The van der Waals surface area contributed by atoms with Gasteiger partial charge < -0.3 is 10.0 Å². The number of benzene rings is 1. The number of carboxylic acid groups (broad SMARTS) is 1. The fourth-order valence-electron chi connectivity index (χ4n) is 2.95. The number of rotatable bonds is 5. The van der Waals surface area contributed by atoms with E-state index in [1.807, 2.05) is 12.1 Å². The van der Waals surface area contributed by atoms with Crippen LogP contribution in [-0.2, 0) is 6.42 Å². The molecule has 1 aromatic rings. The van der Waals surface area contributed by atoms with Gasteiger partial charge in [-0.3, -0.25) is 0 Å². The van der Waals surface area contributed by atoms with Gasteiger partial charge in [0.05, 0.1) is 5.56 Å². The predicted molar refractivity (Wildman–Crippen MR) is 76.6 cm³/mol. The summed E-state index contributed by atoms with van der Waals surface area (Å²) < 4.78 is 0. The Morgan fingerprint density at radius 2 is 1.95 bits per heavy atom. The zero-order chi connectivity index (χ0) is 13.7. The molecule has 0 amide bonds. The van der Waals surface area contributed by atoms with E-state index in [0.29, 0.717) is 11.6 Å². The number of hydrogen-bond donors (Lipinski definition) is 1. The summed E-state index contributed by atoms with van der Waals surface area (Å²) in [5, 5.41) is 9.17. The van der Waals surface area contributed by atoms with E-state index in [-0.39, 0.29) is 0 Å². The quantitative estimate of drug-likeness (QED) is 0.885. The van der Waals surface area contributed by atoms with Gasteiger partial charge in [0.25, 0.3) is 0 Å². The van der Waals surface area contributed by atoms with Crippen molar-refractivity contribution in [2.24, 2.45) is 0 Å². The molecule has 0 heterocycles. The lowest BCUT2D eigenvalue weighted by molar-refractivity contribution is 0.0695. The van der Waals surface area contributed by atoms with Crippen molar-refractivity contribution in [3.05, 3.63) is 35.4 Å². The highest BCUT2D eigenvalue weighted by atomic mass is 16.4. The summed E-state index contributed by atoms with van der Waals surface area (Å²) in [4.78, 5) is 13.6. The van der Waals surface area contributed by atoms with Crippen LogP contribution in [0.15, 0.2) is 24.3 Å². The number of aromatic carboxylic acids is 1. The zero-order valence-corrected chi connectivity index (χ0v) is 11.6. The number of hydrogen-bond acceptors (Lipinski definition) is 2. The van der Waals surface area contributed by atoms with E-state index >= 15 is 0 Å². The highest BCUT2D eigenvalue weighted by Gasteiger charge is 2.18. The monoisotopic (exact) mass is 261 g/mol. The zero-order valence-electron chi connectivity index (χ0n) is 11.6. The summed E-state index contributed by atoms with van der Waals surface area (Å²) >= 11 is 0. The molecular formula is C16H23NO2. The van der Waals surface area contributed by atoms with Crippen LogP contribution in [0.5, 0.6) is 0 Å². The van der Waals surface area contributed by atoms with Crippen molar-refractivity contribution in [3.63, 3.8) is 0 Å². The Hall–Kier alpha value is -1.35. The Bertz CT molecular complexity index is 425. The molecule has 2 rings (SSSR count). The molecule has 1 aliphatic carbocycles. The van der Waals surface area contributed by atoms with Gasteiger partial charge in [-0.15, -0.1) is 0 Å². The number of carbonyl (C=O) groups is 1. The van der Waals surface area contributed by atoms with Crippen LogP contribution in [0, 0.1) is 0 Å². The van der Waals surface area contributed by atoms with Gasteiger partial charge in [0.2, 0.25) is 0 Å². The van der Waals surface area contributed by atoms with E-state index in [4.69, 9.17) is 5.11 Å². The van der Waals surface area contributed by atoms with E-state index in [0.717, 1.165) is 18.5 Å². The fourth-order valence-corrected chi connectivity index (χ4v) is 2.95. The molecule has 0 saturated heterocycles. The van der Waals surface area contributed by atoms with Crippen LogP contribution in [0.3, 0.4) is 0 Å². The third-order valence-electron chi connectivity index (χ3n) is 4.18. The lowest BCUT2D eigenvalue weighted by atomic mass is 9.94. The first kappa shape index (κ1) is 14.1. The number of nitrogens with zero attached hydrogens (tertiary/aromatic N) is 1. The third kappa shape index (κ3) is 3.80. The summed E-state index contributed by atoms with van der Waals surface area (Å²) in [5.74, 6) is -0.823. The minimum atomic E-state index is -0.823. The highest BCUT2D eigenvalue weighted by molar-refractivity contribution is 5.89. The largest absolute Gasteiger partial charge is 0.478 e. The topological polar surface area (TPSA) is 40.5 Å². The van der Waals surface area contributed by atoms with Gasteiger partial charge in [-0.25, -0.2) is 4.79 Å². The fraction of sp³-hybridized carbons (Fsp3) is 0.562. The average molecular weight is 261 g/mol. The van der Waals surface area contributed by atoms with E-state index in [2.05, 4.69) is 11.9 Å². The molecule has 0 atom stereocenters. The van der Waals surface area contributed by atoms with Crippen molar-refractivity contribution < 1.29 is 9.90 Å². The molecule has 0 bridgehead atoms. The Morgan fingerprint density at radius 3 is 2.63 bits per heavy atom. The molecule has 104 valence electrons. The SMILES string of the molecule is CN(CCc1ccccc1C(=O)O)C1CCCCC1. The molecule has 0 aromatic heterocycles. The van der Waals surface area contributed by atoms with Crippen molar-refractivity contribution >= 4 is 5.97 Å². The van der Waals surface area contributed by atoms with Crippen LogP contribution in [0.2, 0.25) is 0 Å². The highest BCUT2D eigenvalue weighted by Crippen LogP contribution is 2.22. The van der Waals surface area contributed by atoms with E-state index in [9.17, 15) is 4.79 Å². The summed E-state index contributed by atoms with van der Waals surface area (Å²) in [6, 6.07) is 8.02. The average Bonchev–Trinajstić information content (AvgIpc) is 2.46. The van der Waals surface area contributed by atoms with Crippen LogP contribution < -0.4 is 0 Å². The first-order valence-corrected chi connectivity index (χ1v) is 7.20. The van der Waals surface area contributed by atoms with Gasteiger partial charge in [0.15, 0.2) is 0 Å². The molecular weight excluding hydrogens is 238 g/mol. The molecule has 1 fully saturated rings. The summed E-state index contributed by atoms with van der Waals surface area (Å²) in [5.41, 5.74) is 1.39. The second kappa shape index (κ2) is 6.71. The maximum atomic E-state index is 11.2. The summed E-state index contributed by atoms with van der Waals surface area (Å²) in [6.45, 7) is 0.939. The van der Waals surface area contributed by atoms with Gasteiger partial charge >= 0.3 is 5.97 Å². The van der Waals surface area contributed by atoms with Gasteiger partial charge in [-0.05, 0) is 37.9 Å².